The fourth-order valence-corrected chi connectivity index (χ4v) is 0.733. The van der Waals surface area contributed by atoms with Crippen molar-refractivity contribution in [1.29, 1.82) is 0 Å². The third kappa shape index (κ3) is 6.40. The van der Waals surface area contributed by atoms with Crippen LogP contribution in [0.25, 0.3) is 0 Å². The lowest BCUT2D eigenvalue weighted by Crippen LogP contribution is -2.36. The zero-order chi connectivity index (χ0) is 10.3. The highest BCUT2D eigenvalue weighted by Crippen LogP contribution is 1.88. The molecule has 0 atom stereocenters. The SMILES string of the molecule is CC(C)C(=O)NCCNC(=O)CCl. The van der Waals surface area contributed by atoms with Crippen LogP contribution in [0.5, 0.6) is 0 Å². The fourth-order valence-electron chi connectivity index (χ4n) is 0.639. The average molecular weight is 207 g/mol. The zero-order valence-electron chi connectivity index (χ0n) is 7.89. The number of nitrogens with one attached hydrogen (secondary N) is 2. The minimum Gasteiger partial charge on any atom is -0.354 e. The first-order valence-corrected chi connectivity index (χ1v) is 4.71. The first kappa shape index (κ1) is 12.2. The number of alkyl halides is 1. The number of hydrogen-bond acceptors (Lipinski definition) is 2. The molecule has 0 aliphatic rings. The van der Waals surface area contributed by atoms with E-state index in [1.165, 1.54) is 0 Å². The average Bonchev–Trinajstić information content (AvgIpc) is 2.11. The lowest BCUT2D eigenvalue weighted by atomic mass is 10.2. The van der Waals surface area contributed by atoms with Crippen LogP contribution in [0.15, 0.2) is 0 Å². The monoisotopic (exact) mass is 206 g/mol. The summed E-state index contributed by atoms with van der Waals surface area (Å²) in [7, 11) is 0. The van der Waals surface area contributed by atoms with E-state index in [9.17, 15) is 9.59 Å². The minimum atomic E-state index is -0.222. The summed E-state index contributed by atoms with van der Waals surface area (Å²) in [5, 5.41) is 5.21. The Balaban J connectivity index is 3.36. The minimum absolute atomic E-state index is 0.0138. The summed E-state index contributed by atoms with van der Waals surface area (Å²) in [5.41, 5.74) is 0. The molecule has 0 aromatic heterocycles. The molecule has 2 N–H and O–H groups in total. The van der Waals surface area contributed by atoms with Gasteiger partial charge in [0.1, 0.15) is 5.88 Å². The summed E-state index contributed by atoms with van der Waals surface area (Å²) in [6.45, 7) is 4.49. The number of carbonyl (C=O) groups is 2. The summed E-state index contributed by atoms with van der Waals surface area (Å²) in [5.74, 6) is -0.303. The van der Waals surface area contributed by atoms with E-state index in [0.717, 1.165) is 0 Å². The van der Waals surface area contributed by atoms with Crippen molar-refractivity contribution in [2.75, 3.05) is 19.0 Å². The van der Waals surface area contributed by atoms with Crippen LogP contribution in [-0.4, -0.2) is 30.8 Å². The van der Waals surface area contributed by atoms with Gasteiger partial charge in [0.05, 0.1) is 0 Å². The molecule has 0 rings (SSSR count). The molecular weight excluding hydrogens is 192 g/mol. The Morgan fingerprint density at radius 2 is 1.77 bits per heavy atom. The van der Waals surface area contributed by atoms with Gasteiger partial charge < -0.3 is 10.6 Å². The predicted molar refractivity (Wildman–Crippen MR) is 51.6 cm³/mol. The van der Waals surface area contributed by atoms with Gasteiger partial charge in [-0.25, -0.2) is 0 Å². The van der Waals surface area contributed by atoms with Crippen LogP contribution in [0, 0.1) is 5.92 Å². The van der Waals surface area contributed by atoms with Gasteiger partial charge in [0, 0.05) is 19.0 Å². The second-order valence-corrected chi connectivity index (χ2v) is 3.20. The number of carbonyl (C=O) groups excluding carboxylic acids is 2. The molecule has 0 saturated carbocycles. The Morgan fingerprint density at radius 3 is 2.23 bits per heavy atom. The van der Waals surface area contributed by atoms with Gasteiger partial charge >= 0.3 is 0 Å². The molecule has 0 unspecified atom stereocenters. The van der Waals surface area contributed by atoms with Crippen LogP contribution in [0.2, 0.25) is 0 Å². The molecule has 13 heavy (non-hydrogen) atoms. The van der Waals surface area contributed by atoms with Crippen LogP contribution in [0.3, 0.4) is 0 Å². The highest BCUT2D eigenvalue weighted by Gasteiger charge is 2.04. The highest BCUT2D eigenvalue weighted by atomic mass is 35.5. The molecule has 0 heterocycles. The maximum absolute atomic E-state index is 11.0. The van der Waals surface area contributed by atoms with E-state index < -0.39 is 0 Å². The van der Waals surface area contributed by atoms with Crippen molar-refractivity contribution in [3.05, 3.63) is 0 Å². The quantitative estimate of drug-likeness (QED) is 0.496. The molecule has 0 fully saturated rings. The summed E-state index contributed by atoms with van der Waals surface area (Å²) in [4.78, 5) is 21.6. The Kier molecular flexibility index (Phi) is 6.32. The number of hydrogen-bond donors (Lipinski definition) is 2. The van der Waals surface area contributed by atoms with Crippen molar-refractivity contribution in [2.24, 2.45) is 5.92 Å². The summed E-state index contributed by atoms with van der Waals surface area (Å²) >= 11 is 5.24. The van der Waals surface area contributed by atoms with E-state index in [2.05, 4.69) is 10.6 Å². The van der Waals surface area contributed by atoms with Crippen molar-refractivity contribution in [3.8, 4) is 0 Å². The first-order chi connectivity index (χ1) is 6.07. The number of halogens is 1. The largest absolute Gasteiger partial charge is 0.354 e. The highest BCUT2D eigenvalue weighted by molar-refractivity contribution is 6.27. The molecule has 4 nitrogen and oxygen atoms in total. The topological polar surface area (TPSA) is 58.2 Å². The lowest BCUT2D eigenvalue weighted by molar-refractivity contribution is -0.124. The van der Waals surface area contributed by atoms with Crippen LogP contribution >= 0.6 is 11.6 Å². The Bertz CT molecular complexity index is 183. The van der Waals surface area contributed by atoms with Crippen molar-refractivity contribution in [3.63, 3.8) is 0 Å². The van der Waals surface area contributed by atoms with E-state index in [4.69, 9.17) is 11.6 Å². The maximum Gasteiger partial charge on any atom is 0.234 e. The standard InChI is InChI=1S/C8H15ClN2O2/c1-6(2)8(13)11-4-3-10-7(12)5-9/h6H,3-5H2,1-2H3,(H,10,12)(H,11,13). The molecule has 0 aromatic carbocycles. The van der Waals surface area contributed by atoms with Crippen molar-refractivity contribution < 1.29 is 9.59 Å². The fraction of sp³-hybridized carbons (Fsp3) is 0.750. The lowest BCUT2D eigenvalue weighted by Gasteiger charge is -2.07. The molecule has 76 valence electrons. The van der Waals surface area contributed by atoms with Crippen molar-refractivity contribution in [2.45, 2.75) is 13.8 Å². The van der Waals surface area contributed by atoms with Gasteiger partial charge in [-0.15, -0.1) is 11.6 Å². The third-order valence-corrected chi connectivity index (χ3v) is 1.63. The van der Waals surface area contributed by atoms with Crippen LogP contribution < -0.4 is 10.6 Å². The molecule has 0 aromatic rings. The predicted octanol–water partition coefficient (Wildman–Crippen LogP) is 0.114. The normalized spacial score (nSPS) is 9.85. The van der Waals surface area contributed by atoms with Gasteiger partial charge in [0.25, 0.3) is 0 Å². The number of amides is 2. The van der Waals surface area contributed by atoms with Crippen molar-refractivity contribution in [1.82, 2.24) is 10.6 Å². The van der Waals surface area contributed by atoms with Gasteiger partial charge in [-0.2, -0.15) is 0 Å². The molecule has 0 spiro atoms. The van der Waals surface area contributed by atoms with Crippen LogP contribution in [0.1, 0.15) is 13.8 Å². The summed E-state index contributed by atoms with van der Waals surface area (Å²) < 4.78 is 0. The van der Waals surface area contributed by atoms with E-state index in [-0.39, 0.29) is 23.6 Å². The molecule has 0 radical (unpaired) electrons. The van der Waals surface area contributed by atoms with Gasteiger partial charge in [-0.05, 0) is 0 Å². The van der Waals surface area contributed by atoms with Crippen LogP contribution in [-0.2, 0) is 9.59 Å². The smallest absolute Gasteiger partial charge is 0.234 e. The molecule has 0 saturated heterocycles. The van der Waals surface area contributed by atoms with E-state index in [1.54, 1.807) is 0 Å². The molecule has 2 amide bonds. The molecule has 0 aliphatic heterocycles. The Hall–Kier alpha value is -0.770. The summed E-state index contributed by atoms with van der Waals surface area (Å²) in [6, 6.07) is 0. The molecule has 0 aliphatic carbocycles. The van der Waals surface area contributed by atoms with Crippen LogP contribution in [0.4, 0.5) is 0 Å². The van der Waals surface area contributed by atoms with E-state index in [1.807, 2.05) is 13.8 Å². The zero-order valence-corrected chi connectivity index (χ0v) is 8.65. The van der Waals surface area contributed by atoms with Gasteiger partial charge in [0.15, 0.2) is 0 Å². The van der Waals surface area contributed by atoms with Gasteiger partial charge in [0.2, 0.25) is 11.8 Å². The maximum atomic E-state index is 11.0. The van der Waals surface area contributed by atoms with Crippen molar-refractivity contribution >= 4 is 23.4 Å². The number of rotatable bonds is 5. The molecule has 5 heteroatoms. The first-order valence-electron chi connectivity index (χ1n) is 4.18. The Labute approximate surface area is 83.0 Å². The Morgan fingerprint density at radius 1 is 1.23 bits per heavy atom. The van der Waals surface area contributed by atoms with Gasteiger partial charge in [-0.1, -0.05) is 13.8 Å². The third-order valence-electron chi connectivity index (χ3n) is 1.39. The van der Waals surface area contributed by atoms with Gasteiger partial charge in [-0.3, -0.25) is 9.59 Å². The second-order valence-electron chi connectivity index (χ2n) is 2.93. The molecule has 0 bridgehead atoms. The second kappa shape index (κ2) is 6.71. The molecular formula is C8H15ClN2O2. The van der Waals surface area contributed by atoms with E-state index in [0.29, 0.717) is 13.1 Å². The van der Waals surface area contributed by atoms with E-state index >= 15 is 0 Å². The summed E-state index contributed by atoms with van der Waals surface area (Å²) in [6.07, 6.45) is 0.